The van der Waals surface area contributed by atoms with E-state index < -0.39 is 18.5 Å². The summed E-state index contributed by atoms with van der Waals surface area (Å²) in [6.45, 7) is 15.9. The predicted molar refractivity (Wildman–Crippen MR) is 240 cm³/mol. The molecule has 27 heteroatoms. The summed E-state index contributed by atoms with van der Waals surface area (Å²) < 4.78 is 0. The second-order valence-corrected chi connectivity index (χ2v) is 13.3. The Kier molecular flexibility index (Phi) is 65.2. The molecule has 0 radical (unpaired) electrons. The molecule has 4 atom stereocenters. The third kappa shape index (κ3) is 92.5. The van der Waals surface area contributed by atoms with Gasteiger partial charge in [0.1, 0.15) is 23.1 Å². The molecular weight excluding hydrogens is 878 g/mol. The fourth-order valence-corrected chi connectivity index (χ4v) is 4.62. The van der Waals surface area contributed by atoms with Gasteiger partial charge in [-0.2, -0.15) is 0 Å². The number of nitrogens with one attached hydrogen (secondary N) is 1. The Morgan fingerprint density at radius 2 is 0.818 bits per heavy atom. The van der Waals surface area contributed by atoms with Crippen molar-refractivity contribution in [1.29, 1.82) is 5.41 Å². The number of hydrogen-bond acceptors (Lipinski definition) is 17. The lowest BCUT2D eigenvalue weighted by Crippen LogP contribution is -2.25. The molecule has 4 unspecified atom stereocenters. The number of rotatable bonds is 24. The smallest absolute Gasteiger partial charge is 0.287 e. The molecule has 0 saturated heterocycles. The first-order valence-corrected chi connectivity index (χ1v) is 20.3. The summed E-state index contributed by atoms with van der Waals surface area (Å²) in [4.78, 5) is 91.9. The molecule has 0 aromatic rings. The van der Waals surface area contributed by atoms with E-state index in [9.17, 15) is 19.2 Å². The molecule has 0 fully saturated rings. The van der Waals surface area contributed by atoms with Gasteiger partial charge in [0.15, 0.2) is 17.9 Å². The van der Waals surface area contributed by atoms with Crippen LogP contribution in [0.3, 0.4) is 0 Å². The van der Waals surface area contributed by atoms with Crippen molar-refractivity contribution in [2.45, 2.75) is 132 Å². The Hall–Kier alpha value is -6.80. The molecule has 66 heavy (non-hydrogen) atoms. The summed E-state index contributed by atoms with van der Waals surface area (Å²) in [6.07, 6.45) is 4.53. The molecule has 0 aliphatic heterocycles. The van der Waals surface area contributed by atoms with Gasteiger partial charge in [-0.05, 0) is 85.5 Å². The van der Waals surface area contributed by atoms with Gasteiger partial charge in [0.05, 0.1) is 12.4 Å². The van der Waals surface area contributed by atoms with Gasteiger partial charge in [-0.15, -0.1) is 0 Å². The first-order valence-electron chi connectivity index (χ1n) is 20.3. The van der Waals surface area contributed by atoms with E-state index in [1.54, 1.807) is 27.7 Å². The number of aliphatic imine (C=N–C) groups is 3. The number of nitrogens with zero attached hydrogens (tertiary/aromatic N) is 3. The summed E-state index contributed by atoms with van der Waals surface area (Å²) in [7, 11) is 0. The number of ketones is 4. The van der Waals surface area contributed by atoms with Crippen LogP contribution in [0.25, 0.3) is 0 Å². The molecule has 0 aromatic carbocycles. The number of hydrogen-bond donors (Lipinski definition) is 11. The molecular formula is C39H77N11O16-4. The number of unbranched alkanes of at least 4 members (excludes halogenated alkanes) is 2. The van der Waals surface area contributed by atoms with Crippen molar-refractivity contribution in [1.82, 2.24) is 0 Å². The number of guanidine groups is 3. The number of nitrogens with two attached hydrogens (primary N) is 7. The van der Waals surface area contributed by atoms with E-state index in [2.05, 4.69) is 26.8 Å². The second-order valence-electron chi connectivity index (χ2n) is 13.3. The maximum Gasteiger partial charge on any atom is 0.287 e. The zero-order chi connectivity index (χ0) is 53.8. The van der Waals surface area contributed by atoms with Crippen LogP contribution in [0.1, 0.15) is 132 Å². The zero-order valence-corrected chi connectivity index (χ0v) is 39.5. The topological polar surface area (TPSA) is 542 Å². The zero-order valence-electron chi connectivity index (χ0n) is 39.5. The minimum Gasteiger partial charge on any atom is -0.662 e. The summed E-state index contributed by atoms with van der Waals surface area (Å²) in [6, 6.07) is 0. The molecule has 0 aliphatic rings. The molecule has 18 N–H and O–H groups in total. The third-order valence-corrected chi connectivity index (χ3v) is 8.08. The summed E-state index contributed by atoms with van der Waals surface area (Å²) in [5, 5.41) is 61.4. The Morgan fingerprint density at radius 3 is 1.08 bits per heavy atom. The van der Waals surface area contributed by atoms with E-state index in [1.807, 2.05) is 20.8 Å². The Labute approximate surface area is 386 Å². The van der Waals surface area contributed by atoms with Crippen molar-refractivity contribution in [2.75, 3.05) is 19.6 Å². The number of carbonyl (C=O) groups excluding carboxylic acids is 5. The minimum atomic E-state index is -2.08. The molecule has 0 aliphatic carbocycles. The Balaban J connectivity index is -0.000000102. The average Bonchev–Trinajstić information content (AvgIpc) is 3.17. The standard InChI is InChI=1S/C11H22N2O.C9H19N3O.C8H17N3O.C7H15N3O.4CH2O3/c1-3-10(9(2)14)7-5-4-6-8-11(12)13;1-3-8(7(2)13)5-4-6-12-9(10)11;1-3-7(6(2)12)4-5-11-8(9)10;1-3-6(5(2)11)4-10-7(8)9;2-1-4-3;3*2-1(3)4/h10H,3-8H2,1-2H3,(H3,12,13);8H,3-6H2,1-2H3,(H4,10,11,12);7H,3-5H2,1-2H3,(H4,9,10,11);6H,3-4H2,1-2H3,(H4,8,9,10);1,3H;3*(H2,2,3,4)/p-4. The van der Waals surface area contributed by atoms with Gasteiger partial charge in [-0.3, -0.25) is 44.4 Å². The van der Waals surface area contributed by atoms with Crippen LogP contribution < -0.4 is 60.7 Å². The van der Waals surface area contributed by atoms with Crippen molar-refractivity contribution < 1.29 is 79.1 Å². The molecule has 0 heterocycles. The molecule has 0 aromatic heterocycles. The van der Waals surface area contributed by atoms with Crippen molar-refractivity contribution in [2.24, 2.45) is 78.8 Å². The monoisotopic (exact) mass is 956 g/mol. The number of amidine groups is 1. The fourth-order valence-electron chi connectivity index (χ4n) is 4.62. The molecule has 0 rings (SSSR count). The summed E-state index contributed by atoms with van der Waals surface area (Å²) in [5.41, 5.74) is 36.1. The minimum absolute atomic E-state index is 0.0305. The summed E-state index contributed by atoms with van der Waals surface area (Å²) >= 11 is 0. The van der Waals surface area contributed by atoms with E-state index in [0.717, 1.165) is 70.6 Å². The predicted octanol–water partition coefficient (Wildman–Crippen LogP) is -1.62. The largest absolute Gasteiger partial charge is 0.662 e. The molecule has 0 saturated carbocycles. The van der Waals surface area contributed by atoms with Crippen LogP contribution in [0.4, 0.5) is 14.4 Å². The second kappa shape index (κ2) is 56.2. The van der Waals surface area contributed by atoms with E-state index in [1.165, 1.54) is 0 Å². The lowest BCUT2D eigenvalue weighted by Gasteiger charge is -2.10. The van der Waals surface area contributed by atoms with E-state index in [0.29, 0.717) is 31.8 Å². The van der Waals surface area contributed by atoms with Crippen LogP contribution >= 0.6 is 0 Å². The normalized spacial score (nSPS) is 10.7. The summed E-state index contributed by atoms with van der Waals surface area (Å²) in [5.74, 6) is 1.93. The number of carboxylic acid groups (broad SMARTS) is 6. The van der Waals surface area contributed by atoms with Gasteiger partial charge < -0.3 is 95.3 Å². The van der Waals surface area contributed by atoms with Crippen molar-refractivity contribution in [3.05, 3.63) is 0 Å². The highest BCUT2D eigenvalue weighted by atomic mass is 17.1. The van der Waals surface area contributed by atoms with Crippen LogP contribution in [-0.4, -0.2) is 107 Å². The Morgan fingerprint density at radius 1 is 0.530 bits per heavy atom. The third-order valence-electron chi connectivity index (χ3n) is 8.08. The van der Waals surface area contributed by atoms with Crippen LogP contribution in [0.15, 0.2) is 15.0 Å². The van der Waals surface area contributed by atoms with E-state index in [4.69, 9.17) is 101 Å². The molecule has 0 amide bonds. The van der Waals surface area contributed by atoms with E-state index in [-0.39, 0.29) is 71.2 Å². The number of Topliss-reactive ketones (excluding diaryl/α,β-unsaturated/α-hetero) is 4. The first kappa shape index (κ1) is 76.5. The highest BCUT2D eigenvalue weighted by molar-refractivity contribution is 5.80. The van der Waals surface area contributed by atoms with Crippen LogP contribution in [0, 0.1) is 29.1 Å². The van der Waals surface area contributed by atoms with Crippen molar-refractivity contribution in [3.8, 4) is 0 Å². The molecule has 27 nitrogen and oxygen atoms in total. The lowest BCUT2D eigenvalue weighted by atomic mass is 9.95. The van der Waals surface area contributed by atoms with Crippen molar-refractivity contribution >= 4 is 71.8 Å². The first-order chi connectivity index (χ1) is 30.4. The average molecular weight is 956 g/mol. The maximum atomic E-state index is 11.1. The van der Waals surface area contributed by atoms with Crippen LogP contribution in [0.2, 0.25) is 0 Å². The molecule has 0 bridgehead atoms. The van der Waals surface area contributed by atoms with Gasteiger partial charge in [0.25, 0.3) is 6.47 Å². The van der Waals surface area contributed by atoms with Gasteiger partial charge >= 0.3 is 0 Å². The Bertz CT molecular complexity index is 1360. The van der Waals surface area contributed by atoms with Gasteiger partial charge in [0.2, 0.25) is 18.5 Å². The van der Waals surface area contributed by atoms with Crippen LogP contribution in [-0.2, 0) is 28.9 Å². The maximum absolute atomic E-state index is 11.1. The highest BCUT2D eigenvalue weighted by Crippen LogP contribution is 2.15. The fraction of sp³-hybridized carbons (Fsp3) is 0.692. The molecule has 388 valence electrons. The van der Waals surface area contributed by atoms with Crippen LogP contribution in [0.5, 0.6) is 0 Å². The SMILES string of the molecule is CCC(CCCCCC(=N)N)C(C)=O.CCC(CCCN=C(N)N)C(C)=O.CCC(CCN=C(N)N)C(C)=O.CCC(CN=C(N)N)C(C)=O.O=C([O-])O.O=C([O-])O.O=C([O-])O.O=CO[O-]. The van der Waals surface area contributed by atoms with Gasteiger partial charge in [0, 0.05) is 43.2 Å². The highest BCUT2D eigenvalue weighted by Gasteiger charge is 2.12. The van der Waals surface area contributed by atoms with Gasteiger partial charge in [-0.25, -0.2) is 0 Å². The quantitative estimate of drug-likeness (QED) is 0.0129. The lowest BCUT2D eigenvalue weighted by molar-refractivity contribution is -0.652. The molecule has 0 spiro atoms. The van der Waals surface area contributed by atoms with Crippen molar-refractivity contribution in [3.63, 3.8) is 0 Å². The number of carbonyl (C=O) groups is 8. The van der Waals surface area contributed by atoms with Gasteiger partial charge in [-0.1, -0.05) is 40.5 Å². The van der Waals surface area contributed by atoms with E-state index >= 15 is 0 Å².